The van der Waals surface area contributed by atoms with Gasteiger partial charge in [-0.25, -0.2) is 9.37 Å². The van der Waals surface area contributed by atoms with Crippen molar-refractivity contribution in [3.8, 4) is 11.3 Å². The molecule has 20 heavy (non-hydrogen) atoms. The molecule has 0 aliphatic rings. The highest BCUT2D eigenvalue weighted by molar-refractivity contribution is 7.14. The van der Waals surface area contributed by atoms with E-state index in [-0.39, 0.29) is 5.82 Å². The number of rotatable bonds is 3. The number of anilines is 3. The van der Waals surface area contributed by atoms with E-state index < -0.39 is 0 Å². The Labute approximate surface area is 119 Å². The number of aromatic nitrogens is 1. The van der Waals surface area contributed by atoms with E-state index in [4.69, 9.17) is 5.73 Å². The fourth-order valence-corrected chi connectivity index (χ4v) is 2.51. The summed E-state index contributed by atoms with van der Waals surface area (Å²) in [4.78, 5) is 4.48. The van der Waals surface area contributed by atoms with Gasteiger partial charge >= 0.3 is 0 Å². The summed E-state index contributed by atoms with van der Waals surface area (Å²) in [5, 5.41) is 5.93. The van der Waals surface area contributed by atoms with Crippen molar-refractivity contribution < 1.29 is 4.39 Å². The summed E-state index contributed by atoms with van der Waals surface area (Å²) in [7, 11) is 0. The summed E-state index contributed by atoms with van der Waals surface area (Å²) in [6, 6.07) is 13.8. The monoisotopic (exact) mass is 285 g/mol. The lowest BCUT2D eigenvalue weighted by molar-refractivity contribution is 0.628. The topological polar surface area (TPSA) is 50.9 Å². The quantitative estimate of drug-likeness (QED) is 0.706. The second kappa shape index (κ2) is 5.30. The summed E-state index contributed by atoms with van der Waals surface area (Å²) in [6.45, 7) is 0. The van der Waals surface area contributed by atoms with Crippen molar-refractivity contribution in [3.05, 3.63) is 59.7 Å². The van der Waals surface area contributed by atoms with Gasteiger partial charge in [0, 0.05) is 22.3 Å². The zero-order valence-electron chi connectivity index (χ0n) is 10.5. The van der Waals surface area contributed by atoms with Crippen molar-refractivity contribution in [3.63, 3.8) is 0 Å². The first-order valence-corrected chi connectivity index (χ1v) is 6.93. The number of benzene rings is 2. The van der Waals surface area contributed by atoms with Crippen molar-refractivity contribution >= 4 is 27.8 Å². The van der Waals surface area contributed by atoms with Crippen molar-refractivity contribution in [2.75, 3.05) is 11.1 Å². The molecule has 0 saturated heterocycles. The zero-order chi connectivity index (χ0) is 13.9. The number of hydrogen-bond acceptors (Lipinski definition) is 4. The van der Waals surface area contributed by atoms with Crippen molar-refractivity contribution in [2.24, 2.45) is 0 Å². The SMILES string of the molecule is Nc1ccc(Nc2nc(-c3ccc(F)cc3)cs2)cc1. The molecule has 0 atom stereocenters. The van der Waals surface area contributed by atoms with Gasteiger partial charge in [-0.1, -0.05) is 0 Å². The summed E-state index contributed by atoms with van der Waals surface area (Å²) in [6.07, 6.45) is 0. The van der Waals surface area contributed by atoms with Crippen molar-refractivity contribution in [1.82, 2.24) is 4.98 Å². The van der Waals surface area contributed by atoms with E-state index in [0.717, 1.165) is 27.8 Å². The van der Waals surface area contributed by atoms with E-state index in [0.29, 0.717) is 0 Å². The minimum absolute atomic E-state index is 0.246. The normalized spacial score (nSPS) is 10.4. The Balaban J connectivity index is 1.80. The van der Waals surface area contributed by atoms with E-state index in [1.54, 1.807) is 12.1 Å². The molecule has 3 rings (SSSR count). The molecular formula is C15H12FN3S. The molecule has 3 nitrogen and oxygen atoms in total. The fraction of sp³-hybridized carbons (Fsp3) is 0. The Kier molecular flexibility index (Phi) is 3.35. The van der Waals surface area contributed by atoms with E-state index in [9.17, 15) is 4.39 Å². The van der Waals surface area contributed by atoms with Crippen LogP contribution in [0, 0.1) is 5.82 Å². The molecule has 1 aromatic heterocycles. The molecule has 2 aromatic carbocycles. The van der Waals surface area contributed by atoms with Gasteiger partial charge in [-0.2, -0.15) is 0 Å². The van der Waals surface area contributed by atoms with Gasteiger partial charge in [-0.15, -0.1) is 11.3 Å². The van der Waals surface area contributed by atoms with Crippen LogP contribution in [0.1, 0.15) is 0 Å². The smallest absolute Gasteiger partial charge is 0.187 e. The predicted molar refractivity (Wildman–Crippen MR) is 81.6 cm³/mol. The first kappa shape index (κ1) is 12.6. The lowest BCUT2D eigenvalue weighted by Crippen LogP contribution is -1.90. The van der Waals surface area contributed by atoms with Crippen LogP contribution in [0.25, 0.3) is 11.3 Å². The van der Waals surface area contributed by atoms with Gasteiger partial charge in [0.25, 0.3) is 0 Å². The van der Waals surface area contributed by atoms with E-state index in [2.05, 4.69) is 10.3 Å². The Hall–Kier alpha value is -2.40. The number of nitrogens with one attached hydrogen (secondary N) is 1. The molecule has 0 bridgehead atoms. The molecule has 1 heterocycles. The molecule has 0 aliphatic heterocycles. The number of nitrogens with two attached hydrogens (primary N) is 1. The molecule has 0 amide bonds. The third-order valence-electron chi connectivity index (χ3n) is 2.81. The van der Waals surface area contributed by atoms with Crippen LogP contribution < -0.4 is 11.1 Å². The Morgan fingerprint density at radius 3 is 2.40 bits per heavy atom. The molecule has 0 fully saturated rings. The third kappa shape index (κ3) is 2.78. The minimum atomic E-state index is -0.246. The number of halogens is 1. The highest BCUT2D eigenvalue weighted by atomic mass is 32.1. The van der Waals surface area contributed by atoms with Crippen LogP contribution in [0.5, 0.6) is 0 Å². The van der Waals surface area contributed by atoms with Gasteiger partial charge in [-0.3, -0.25) is 0 Å². The van der Waals surface area contributed by atoms with Gasteiger partial charge in [-0.05, 0) is 48.5 Å². The maximum atomic E-state index is 12.9. The van der Waals surface area contributed by atoms with Crippen LogP contribution in [0.3, 0.4) is 0 Å². The predicted octanol–water partition coefficient (Wildman–Crippen LogP) is 4.28. The second-order valence-corrected chi connectivity index (χ2v) is 5.15. The first-order valence-electron chi connectivity index (χ1n) is 6.05. The van der Waals surface area contributed by atoms with Crippen LogP contribution in [0.2, 0.25) is 0 Å². The summed E-state index contributed by atoms with van der Waals surface area (Å²) < 4.78 is 12.9. The van der Waals surface area contributed by atoms with E-state index in [1.807, 2.05) is 29.6 Å². The Bertz CT molecular complexity index is 705. The van der Waals surface area contributed by atoms with Crippen LogP contribution >= 0.6 is 11.3 Å². The summed E-state index contributed by atoms with van der Waals surface area (Å²) in [5.74, 6) is -0.246. The number of hydrogen-bond donors (Lipinski definition) is 2. The van der Waals surface area contributed by atoms with E-state index in [1.165, 1.54) is 23.5 Å². The molecule has 0 saturated carbocycles. The zero-order valence-corrected chi connectivity index (χ0v) is 11.3. The molecule has 5 heteroatoms. The van der Waals surface area contributed by atoms with Crippen molar-refractivity contribution in [2.45, 2.75) is 0 Å². The van der Waals surface area contributed by atoms with Gasteiger partial charge in [0.05, 0.1) is 5.69 Å². The van der Waals surface area contributed by atoms with Crippen LogP contribution in [-0.4, -0.2) is 4.98 Å². The van der Waals surface area contributed by atoms with Gasteiger partial charge in [0.15, 0.2) is 5.13 Å². The van der Waals surface area contributed by atoms with Gasteiger partial charge in [0.2, 0.25) is 0 Å². The maximum absolute atomic E-state index is 12.9. The van der Waals surface area contributed by atoms with Crippen LogP contribution in [-0.2, 0) is 0 Å². The van der Waals surface area contributed by atoms with Crippen LogP contribution in [0.4, 0.5) is 20.9 Å². The minimum Gasteiger partial charge on any atom is -0.399 e. The second-order valence-electron chi connectivity index (χ2n) is 4.29. The molecule has 0 spiro atoms. The van der Waals surface area contributed by atoms with Crippen molar-refractivity contribution in [1.29, 1.82) is 0 Å². The lowest BCUT2D eigenvalue weighted by atomic mass is 10.2. The molecule has 3 N–H and O–H groups in total. The number of thiazole rings is 1. The third-order valence-corrected chi connectivity index (χ3v) is 3.56. The lowest BCUT2D eigenvalue weighted by Gasteiger charge is -2.02. The maximum Gasteiger partial charge on any atom is 0.187 e. The molecule has 3 aromatic rings. The van der Waals surface area contributed by atoms with Gasteiger partial charge in [0.1, 0.15) is 5.82 Å². The largest absolute Gasteiger partial charge is 0.399 e. The summed E-state index contributed by atoms with van der Waals surface area (Å²) in [5.41, 5.74) is 9.02. The molecule has 0 unspecified atom stereocenters. The summed E-state index contributed by atoms with van der Waals surface area (Å²) >= 11 is 1.50. The number of nitrogen functional groups attached to an aromatic ring is 1. The molecule has 0 aliphatic carbocycles. The Morgan fingerprint density at radius 1 is 1.00 bits per heavy atom. The van der Waals surface area contributed by atoms with Gasteiger partial charge < -0.3 is 11.1 Å². The molecule has 100 valence electrons. The molecule has 0 radical (unpaired) electrons. The highest BCUT2D eigenvalue weighted by Crippen LogP contribution is 2.27. The van der Waals surface area contributed by atoms with Crippen LogP contribution in [0.15, 0.2) is 53.9 Å². The Morgan fingerprint density at radius 2 is 1.70 bits per heavy atom. The average molecular weight is 285 g/mol. The van der Waals surface area contributed by atoms with E-state index >= 15 is 0 Å². The first-order chi connectivity index (χ1) is 9.70. The molecular weight excluding hydrogens is 273 g/mol. The number of nitrogens with zero attached hydrogens (tertiary/aromatic N) is 1. The standard InChI is InChI=1S/C15H12FN3S/c16-11-3-1-10(2-4-11)14-9-20-15(19-14)18-13-7-5-12(17)6-8-13/h1-9H,17H2,(H,18,19). The average Bonchev–Trinajstić information content (AvgIpc) is 2.91. The highest BCUT2D eigenvalue weighted by Gasteiger charge is 2.05. The fourth-order valence-electron chi connectivity index (χ4n) is 1.77.